The zero-order valence-corrected chi connectivity index (χ0v) is 7.23. The number of halogens is 1. The first-order valence-electron chi connectivity index (χ1n) is 3.94. The molecule has 3 aliphatic rings. The highest BCUT2D eigenvalue weighted by atomic mass is 79.9. The molecule has 0 amide bonds. The van der Waals surface area contributed by atoms with Gasteiger partial charge in [0.1, 0.15) is 5.78 Å². The van der Waals surface area contributed by atoms with Crippen molar-refractivity contribution in [3.8, 4) is 0 Å². The van der Waals surface area contributed by atoms with Crippen LogP contribution in [0.25, 0.3) is 0 Å². The second-order valence-electron chi connectivity index (χ2n) is 3.85. The predicted molar refractivity (Wildman–Crippen MR) is 41.0 cm³/mol. The van der Waals surface area contributed by atoms with Gasteiger partial charge in [-0.2, -0.15) is 0 Å². The predicted octanol–water partition coefficient (Wildman–Crippen LogP) is 1.75. The number of alkyl halides is 1. The fourth-order valence-corrected chi connectivity index (χ4v) is 4.20. The average molecular weight is 201 g/mol. The summed E-state index contributed by atoms with van der Waals surface area (Å²) < 4.78 is 0. The van der Waals surface area contributed by atoms with Crippen LogP contribution < -0.4 is 0 Å². The van der Waals surface area contributed by atoms with E-state index in [4.69, 9.17) is 0 Å². The van der Waals surface area contributed by atoms with Crippen molar-refractivity contribution in [2.24, 2.45) is 17.3 Å². The molecule has 1 nitrogen and oxygen atoms in total. The Morgan fingerprint density at radius 3 is 2.80 bits per heavy atom. The van der Waals surface area contributed by atoms with Gasteiger partial charge >= 0.3 is 0 Å². The summed E-state index contributed by atoms with van der Waals surface area (Å²) in [6.45, 7) is 0. The van der Waals surface area contributed by atoms with Gasteiger partial charge < -0.3 is 0 Å². The van der Waals surface area contributed by atoms with Crippen LogP contribution in [0.15, 0.2) is 0 Å². The number of ketones is 1. The maximum atomic E-state index is 11.2. The van der Waals surface area contributed by atoms with Crippen LogP contribution in [-0.4, -0.2) is 10.6 Å². The van der Waals surface area contributed by atoms with Crippen molar-refractivity contribution in [3.05, 3.63) is 0 Å². The zero-order valence-electron chi connectivity index (χ0n) is 5.64. The molecule has 0 N–H and O–H groups in total. The Morgan fingerprint density at radius 1 is 1.60 bits per heavy atom. The minimum atomic E-state index is 0.244. The molecule has 2 heteroatoms. The molecule has 0 aromatic rings. The minimum Gasteiger partial charge on any atom is -0.299 e. The van der Waals surface area contributed by atoms with Gasteiger partial charge in [0.25, 0.3) is 0 Å². The molecule has 0 radical (unpaired) electrons. The molecule has 3 aliphatic carbocycles. The molecule has 3 rings (SSSR count). The number of carbonyl (C=O) groups is 1. The smallest absolute Gasteiger partial charge is 0.139 e. The van der Waals surface area contributed by atoms with Gasteiger partial charge in [-0.3, -0.25) is 4.79 Å². The molecule has 1 spiro atoms. The Balaban J connectivity index is 2.00. The Morgan fingerprint density at radius 2 is 2.40 bits per heavy atom. The molecule has 0 aromatic heterocycles. The SMILES string of the molecule is O=C1CC2C3C(Br)CCC123. The Kier molecular flexibility index (Phi) is 0.782. The highest BCUT2D eigenvalue weighted by Gasteiger charge is 2.79. The molecule has 0 saturated heterocycles. The van der Waals surface area contributed by atoms with Crippen LogP contribution in [-0.2, 0) is 4.79 Å². The van der Waals surface area contributed by atoms with Crippen LogP contribution in [0.3, 0.4) is 0 Å². The van der Waals surface area contributed by atoms with E-state index in [2.05, 4.69) is 15.9 Å². The standard InChI is InChI=1S/C8H9BrO/c9-5-1-2-8-4(7(5)8)3-6(8)10/h4-5,7H,1-3H2. The molecular weight excluding hydrogens is 192 g/mol. The summed E-state index contributed by atoms with van der Waals surface area (Å²) in [6, 6.07) is 0. The maximum absolute atomic E-state index is 11.2. The van der Waals surface area contributed by atoms with Crippen LogP contribution in [0, 0.1) is 17.3 Å². The topological polar surface area (TPSA) is 17.1 Å². The van der Waals surface area contributed by atoms with Gasteiger partial charge in [-0.1, -0.05) is 15.9 Å². The molecule has 54 valence electrons. The largest absolute Gasteiger partial charge is 0.299 e. The quantitative estimate of drug-likeness (QED) is 0.545. The fraction of sp³-hybridized carbons (Fsp3) is 0.875. The van der Waals surface area contributed by atoms with E-state index in [-0.39, 0.29) is 5.41 Å². The lowest BCUT2D eigenvalue weighted by molar-refractivity contribution is -0.130. The van der Waals surface area contributed by atoms with E-state index in [1.165, 1.54) is 12.8 Å². The Hall–Kier alpha value is 0.150. The molecule has 10 heavy (non-hydrogen) atoms. The Labute approximate surface area is 68.3 Å². The molecule has 4 atom stereocenters. The van der Waals surface area contributed by atoms with Gasteiger partial charge in [0, 0.05) is 16.7 Å². The fourth-order valence-electron chi connectivity index (χ4n) is 3.13. The van der Waals surface area contributed by atoms with Crippen molar-refractivity contribution in [2.75, 3.05) is 0 Å². The summed E-state index contributed by atoms with van der Waals surface area (Å²) >= 11 is 3.64. The van der Waals surface area contributed by atoms with E-state index in [1.54, 1.807) is 0 Å². The van der Waals surface area contributed by atoms with Crippen molar-refractivity contribution < 1.29 is 4.79 Å². The lowest BCUT2D eigenvalue weighted by Crippen LogP contribution is -2.27. The van der Waals surface area contributed by atoms with Crippen LogP contribution in [0.5, 0.6) is 0 Å². The zero-order chi connectivity index (χ0) is 6.93. The van der Waals surface area contributed by atoms with Gasteiger partial charge in [-0.15, -0.1) is 0 Å². The molecular formula is C8H9BrO. The van der Waals surface area contributed by atoms with Gasteiger partial charge in [0.2, 0.25) is 0 Å². The summed E-state index contributed by atoms with van der Waals surface area (Å²) in [7, 11) is 0. The first kappa shape index (κ1) is 5.76. The van der Waals surface area contributed by atoms with E-state index < -0.39 is 0 Å². The van der Waals surface area contributed by atoms with Crippen molar-refractivity contribution in [1.29, 1.82) is 0 Å². The maximum Gasteiger partial charge on any atom is 0.139 e. The van der Waals surface area contributed by atoms with E-state index >= 15 is 0 Å². The van der Waals surface area contributed by atoms with Crippen molar-refractivity contribution in [1.82, 2.24) is 0 Å². The third-order valence-electron chi connectivity index (χ3n) is 3.73. The number of fused-ring (bicyclic) bond motifs is 1. The number of hydrogen-bond acceptors (Lipinski definition) is 1. The highest BCUT2D eigenvalue weighted by molar-refractivity contribution is 9.09. The van der Waals surface area contributed by atoms with Gasteiger partial charge in [-0.25, -0.2) is 0 Å². The van der Waals surface area contributed by atoms with Gasteiger partial charge in [0.05, 0.1) is 0 Å². The van der Waals surface area contributed by atoms with Crippen LogP contribution in [0.1, 0.15) is 19.3 Å². The van der Waals surface area contributed by atoms with E-state index in [0.29, 0.717) is 10.6 Å². The third-order valence-corrected chi connectivity index (χ3v) is 4.76. The van der Waals surface area contributed by atoms with E-state index in [1.807, 2.05) is 0 Å². The Bertz CT molecular complexity index is 225. The molecule has 3 saturated carbocycles. The molecule has 3 fully saturated rings. The summed E-state index contributed by atoms with van der Waals surface area (Å²) in [5, 5.41) is 0. The van der Waals surface area contributed by atoms with Crippen LogP contribution in [0.2, 0.25) is 0 Å². The van der Waals surface area contributed by atoms with Crippen molar-refractivity contribution in [2.45, 2.75) is 24.1 Å². The van der Waals surface area contributed by atoms with Gasteiger partial charge in [-0.05, 0) is 24.7 Å². The molecule has 0 aromatic carbocycles. The molecule has 0 aliphatic heterocycles. The molecule has 0 heterocycles. The first-order valence-corrected chi connectivity index (χ1v) is 4.86. The van der Waals surface area contributed by atoms with Crippen molar-refractivity contribution in [3.63, 3.8) is 0 Å². The molecule has 0 bridgehead atoms. The summed E-state index contributed by atoms with van der Waals surface area (Å²) in [4.78, 5) is 11.9. The van der Waals surface area contributed by atoms with Crippen LogP contribution in [0.4, 0.5) is 0 Å². The highest BCUT2D eigenvalue weighted by Crippen LogP contribution is 2.78. The monoisotopic (exact) mass is 200 g/mol. The number of carbonyl (C=O) groups excluding carboxylic acids is 1. The second kappa shape index (κ2) is 1.36. The van der Waals surface area contributed by atoms with E-state index in [9.17, 15) is 4.79 Å². The minimum absolute atomic E-state index is 0.244. The van der Waals surface area contributed by atoms with E-state index in [0.717, 1.165) is 18.3 Å². The third kappa shape index (κ3) is 0.357. The van der Waals surface area contributed by atoms with Gasteiger partial charge in [0.15, 0.2) is 0 Å². The molecule has 4 unspecified atom stereocenters. The lowest BCUT2D eigenvalue weighted by Gasteiger charge is -2.21. The van der Waals surface area contributed by atoms with Crippen molar-refractivity contribution >= 4 is 21.7 Å². The second-order valence-corrected chi connectivity index (χ2v) is 5.03. The lowest BCUT2D eigenvalue weighted by atomic mass is 9.81. The normalized spacial score (nSPS) is 62.9. The number of Topliss-reactive ketones (excluding diaryl/α,β-unsaturated/α-hetero) is 1. The summed E-state index contributed by atoms with van der Waals surface area (Å²) in [5.41, 5.74) is 0.244. The summed E-state index contributed by atoms with van der Waals surface area (Å²) in [6.07, 6.45) is 3.30. The number of rotatable bonds is 0. The van der Waals surface area contributed by atoms with Crippen LogP contribution >= 0.6 is 15.9 Å². The first-order chi connectivity index (χ1) is 4.77. The number of hydrogen-bond donors (Lipinski definition) is 0. The average Bonchev–Trinajstić information content (AvgIpc) is 2.23. The summed E-state index contributed by atoms with van der Waals surface area (Å²) in [5.74, 6) is 2.11.